The van der Waals surface area contributed by atoms with E-state index in [4.69, 9.17) is 0 Å². The molecule has 0 bridgehead atoms. The topological polar surface area (TPSA) is 79.4 Å². The minimum Gasteiger partial charge on any atom is -0.337 e. The average molecular weight is 438 g/mol. The molecule has 2 fully saturated rings. The van der Waals surface area contributed by atoms with E-state index in [0.29, 0.717) is 30.0 Å². The minimum atomic E-state index is -3.38. The molecule has 156 valence electrons. The lowest BCUT2D eigenvalue weighted by molar-refractivity contribution is -0.139. The van der Waals surface area contributed by atoms with Crippen LogP contribution in [0.25, 0.3) is 10.6 Å². The fourth-order valence-electron chi connectivity index (χ4n) is 4.05. The molecule has 9 heteroatoms. The molecule has 0 unspecified atom stereocenters. The summed E-state index contributed by atoms with van der Waals surface area (Å²) in [6.45, 7) is 0.550. The predicted molar refractivity (Wildman–Crippen MR) is 110 cm³/mol. The van der Waals surface area contributed by atoms with Gasteiger partial charge in [-0.25, -0.2) is 22.5 Å². The molecule has 6 nitrogen and oxygen atoms in total. The summed E-state index contributed by atoms with van der Waals surface area (Å²) in [5, 5.41) is 2.62. The first kappa shape index (κ1) is 20.4. The van der Waals surface area contributed by atoms with Gasteiger partial charge >= 0.3 is 0 Å². The third-order valence-electron chi connectivity index (χ3n) is 5.69. The van der Waals surface area contributed by atoms with E-state index in [1.54, 1.807) is 6.07 Å². The number of thiazole rings is 1. The van der Waals surface area contributed by atoms with Crippen molar-refractivity contribution in [2.45, 2.75) is 44.2 Å². The van der Waals surface area contributed by atoms with Gasteiger partial charge in [0, 0.05) is 35.9 Å². The van der Waals surface area contributed by atoms with Crippen molar-refractivity contribution >= 4 is 27.3 Å². The maximum atomic E-state index is 13.5. The molecule has 2 aliphatic rings. The van der Waals surface area contributed by atoms with E-state index in [2.05, 4.69) is 9.71 Å². The van der Waals surface area contributed by atoms with Crippen molar-refractivity contribution in [3.05, 3.63) is 41.2 Å². The third-order valence-corrected chi connectivity index (χ3v) is 7.36. The lowest BCUT2D eigenvalue weighted by Gasteiger charge is -2.34. The number of amides is 1. The highest BCUT2D eigenvalue weighted by Gasteiger charge is 2.41. The number of sulfonamides is 1. The summed E-state index contributed by atoms with van der Waals surface area (Å²) >= 11 is 1.42. The Morgan fingerprint density at radius 2 is 2.14 bits per heavy atom. The zero-order chi connectivity index (χ0) is 20.6. The van der Waals surface area contributed by atoms with Gasteiger partial charge in [-0.15, -0.1) is 11.3 Å². The van der Waals surface area contributed by atoms with E-state index in [0.717, 1.165) is 31.2 Å². The molecule has 1 amide bonds. The number of hydrogen-bond donors (Lipinski definition) is 1. The van der Waals surface area contributed by atoms with Crippen LogP contribution in [-0.2, 0) is 21.2 Å². The highest BCUT2D eigenvalue weighted by atomic mass is 32.2. The largest absolute Gasteiger partial charge is 0.337 e. The van der Waals surface area contributed by atoms with Gasteiger partial charge in [0.2, 0.25) is 15.9 Å². The maximum absolute atomic E-state index is 13.5. The van der Waals surface area contributed by atoms with E-state index in [9.17, 15) is 17.6 Å². The molecule has 1 saturated heterocycles. The zero-order valence-electron chi connectivity index (χ0n) is 16.2. The van der Waals surface area contributed by atoms with Crippen molar-refractivity contribution in [1.29, 1.82) is 0 Å². The molecule has 2 atom stereocenters. The summed E-state index contributed by atoms with van der Waals surface area (Å²) in [5.74, 6) is -0.128. The molecule has 0 spiro atoms. The third kappa shape index (κ3) is 4.67. The first-order valence-corrected chi connectivity index (χ1v) is 12.6. The van der Waals surface area contributed by atoms with Gasteiger partial charge in [-0.3, -0.25) is 4.79 Å². The highest BCUT2D eigenvalue weighted by Crippen LogP contribution is 2.33. The number of hydrogen-bond acceptors (Lipinski definition) is 5. The molecule has 1 N–H and O–H groups in total. The van der Waals surface area contributed by atoms with Crippen LogP contribution in [0.2, 0.25) is 0 Å². The molecule has 2 aromatic rings. The Morgan fingerprint density at radius 3 is 2.79 bits per heavy atom. The van der Waals surface area contributed by atoms with Gasteiger partial charge in [0.05, 0.1) is 18.0 Å². The Labute approximate surface area is 174 Å². The molecule has 1 aromatic heterocycles. The molecule has 4 rings (SSSR count). The van der Waals surface area contributed by atoms with Crippen LogP contribution >= 0.6 is 11.3 Å². The number of nitrogens with one attached hydrogen (secondary N) is 1. The SMILES string of the molecule is CS(=O)(=O)N[C@H]1CCN(C(=O)C2CCC2)[C@H]1Cc1csc(-c2cccc(F)c2)n1. The van der Waals surface area contributed by atoms with Crippen LogP contribution in [0.1, 0.15) is 31.4 Å². The van der Waals surface area contributed by atoms with Crippen molar-refractivity contribution in [1.82, 2.24) is 14.6 Å². The fourth-order valence-corrected chi connectivity index (χ4v) is 5.71. The van der Waals surface area contributed by atoms with Crippen molar-refractivity contribution < 1.29 is 17.6 Å². The molecule has 1 aliphatic carbocycles. The number of likely N-dealkylation sites (tertiary alicyclic amines) is 1. The van der Waals surface area contributed by atoms with Crippen LogP contribution in [-0.4, -0.2) is 49.1 Å². The number of benzene rings is 1. The Balaban J connectivity index is 1.55. The predicted octanol–water partition coefficient (Wildman–Crippen LogP) is 2.81. The second-order valence-corrected chi connectivity index (χ2v) is 10.5. The second kappa shape index (κ2) is 8.12. The van der Waals surface area contributed by atoms with Gasteiger partial charge in [-0.05, 0) is 31.4 Å². The summed E-state index contributed by atoms with van der Waals surface area (Å²) in [4.78, 5) is 19.4. The van der Waals surface area contributed by atoms with Crippen LogP contribution in [0, 0.1) is 11.7 Å². The van der Waals surface area contributed by atoms with E-state index < -0.39 is 10.0 Å². The van der Waals surface area contributed by atoms with Crippen LogP contribution < -0.4 is 4.72 Å². The molecule has 29 heavy (non-hydrogen) atoms. The van der Waals surface area contributed by atoms with Gasteiger partial charge in [-0.2, -0.15) is 0 Å². The van der Waals surface area contributed by atoms with Gasteiger partial charge in [-0.1, -0.05) is 18.6 Å². The Bertz CT molecular complexity index is 1000. The van der Waals surface area contributed by atoms with E-state index in [-0.39, 0.29) is 29.7 Å². The van der Waals surface area contributed by atoms with E-state index in [1.807, 2.05) is 16.3 Å². The number of nitrogens with zero attached hydrogens (tertiary/aromatic N) is 2. The summed E-state index contributed by atoms with van der Waals surface area (Å²) < 4.78 is 39.9. The second-order valence-electron chi connectivity index (χ2n) is 7.87. The fraction of sp³-hybridized carbons (Fsp3) is 0.500. The highest BCUT2D eigenvalue weighted by molar-refractivity contribution is 7.88. The smallest absolute Gasteiger partial charge is 0.225 e. The summed E-state index contributed by atoms with van der Waals surface area (Å²) in [5.41, 5.74) is 1.49. The average Bonchev–Trinajstić information content (AvgIpc) is 3.20. The quantitative estimate of drug-likeness (QED) is 0.754. The molecular formula is C20H24FN3O3S2. The van der Waals surface area contributed by atoms with Gasteiger partial charge in [0.25, 0.3) is 0 Å². The molecule has 1 saturated carbocycles. The van der Waals surface area contributed by atoms with E-state index >= 15 is 0 Å². The molecule has 1 aliphatic heterocycles. The van der Waals surface area contributed by atoms with Crippen molar-refractivity contribution in [3.63, 3.8) is 0 Å². The Morgan fingerprint density at radius 1 is 1.34 bits per heavy atom. The van der Waals surface area contributed by atoms with Crippen LogP contribution in [0.3, 0.4) is 0 Å². The molecule has 2 heterocycles. The first-order chi connectivity index (χ1) is 13.8. The normalized spacial score (nSPS) is 22.6. The summed E-state index contributed by atoms with van der Waals surface area (Å²) in [6.07, 6.45) is 5.10. The summed E-state index contributed by atoms with van der Waals surface area (Å²) in [7, 11) is -3.38. The molecule has 1 aromatic carbocycles. The number of aromatic nitrogens is 1. The number of halogens is 1. The summed E-state index contributed by atoms with van der Waals surface area (Å²) in [6, 6.07) is 5.70. The van der Waals surface area contributed by atoms with Crippen LogP contribution in [0.15, 0.2) is 29.6 Å². The Kier molecular flexibility index (Phi) is 5.72. The number of rotatable bonds is 6. The van der Waals surface area contributed by atoms with Crippen LogP contribution in [0.5, 0.6) is 0 Å². The van der Waals surface area contributed by atoms with Gasteiger partial charge < -0.3 is 4.90 Å². The minimum absolute atomic E-state index is 0.0628. The van der Waals surface area contributed by atoms with Crippen LogP contribution in [0.4, 0.5) is 4.39 Å². The molecule has 0 radical (unpaired) electrons. The molecular weight excluding hydrogens is 413 g/mol. The lowest BCUT2D eigenvalue weighted by atomic mass is 9.84. The van der Waals surface area contributed by atoms with Crippen molar-refractivity contribution in [2.75, 3.05) is 12.8 Å². The van der Waals surface area contributed by atoms with Crippen molar-refractivity contribution in [2.24, 2.45) is 5.92 Å². The first-order valence-electron chi connectivity index (χ1n) is 9.78. The zero-order valence-corrected chi connectivity index (χ0v) is 17.8. The maximum Gasteiger partial charge on any atom is 0.225 e. The lowest BCUT2D eigenvalue weighted by Crippen LogP contribution is -2.49. The van der Waals surface area contributed by atoms with E-state index in [1.165, 1.54) is 23.5 Å². The van der Waals surface area contributed by atoms with Crippen molar-refractivity contribution in [3.8, 4) is 10.6 Å². The van der Waals surface area contributed by atoms with Gasteiger partial charge in [0.15, 0.2) is 0 Å². The standard InChI is InChI=1S/C20H24FN3O3S2/c1-29(26,27)23-17-8-9-24(20(25)13-4-2-5-13)18(17)11-16-12-28-19(22-16)14-6-3-7-15(21)10-14/h3,6-7,10,12-13,17-18,23H,2,4-5,8-9,11H2,1H3/t17-,18-/m0/s1. The number of carbonyl (C=O) groups excluding carboxylic acids is 1. The monoisotopic (exact) mass is 437 g/mol. The Hall–Kier alpha value is -1.84. The van der Waals surface area contributed by atoms with Gasteiger partial charge in [0.1, 0.15) is 10.8 Å². The number of carbonyl (C=O) groups is 1.